The minimum Gasteiger partial charge on any atom is -0.461 e. The van der Waals surface area contributed by atoms with Gasteiger partial charge >= 0.3 is 0 Å². The number of benzene rings is 1. The van der Waals surface area contributed by atoms with Gasteiger partial charge in [0, 0.05) is 6.42 Å². The van der Waals surface area contributed by atoms with Crippen LogP contribution in [-0.4, -0.2) is 0 Å². The summed E-state index contributed by atoms with van der Waals surface area (Å²) in [5.41, 5.74) is 1.20. The fourth-order valence-electron chi connectivity index (χ4n) is 1.71. The molecule has 0 aliphatic carbocycles. The van der Waals surface area contributed by atoms with Gasteiger partial charge in [0.05, 0.1) is 12.1 Å². The van der Waals surface area contributed by atoms with E-state index in [0.717, 1.165) is 24.4 Å². The van der Waals surface area contributed by atoms with Crippen LogP contribution in [0.1, 0.15) is 44.6 Å². The molecular weight excluding hydrogens is 222 g/mol. The lowest BCUT2D eigenvalue weighted by atomic mass is 10.1. The third-order valence-electron chi connectivity index (χ3n) is 2.77. The molecule has 0 saturated heterocycles. The number of hydrogen-bond donors (Lipinski definition) is 0. The quantitative estimate of drug-likeness (QED) is 0.393. The maximum Gasteiger partial charge on any atom is 0.126 e. The maximum absolute atomic E-state index is 8.76. The Kier molecular flexibility index (Phi) is 6.64. The molecule has 0 unspecified atom stereocenters. The second kappa shape index (κ2) is 8.36. The minimum absolute atomic E-state index is 0.762. The number of ether oxygens (including phenoxy) is 1. The highest BCUT2D eigenvalue weighted by atomic mass is 16.5. The molecule has 0 aromatic heterocycles. The fraction of sp³-hybridized carbons (Fsp3) is 0.438. The largest absolute Gasteiger partial charge is 0.461 e. The smallest absolute Gasteiger partial charge is 0.126 e. The average Bonchev–Trinajstić information content (AvgIpc) is 2.37. The van der Waals surface area contributed by atoms with Crippen LogP contribution in [-0.2, 0) is 0 Å². The van der Waals surface area contributed by atoms with Crippen LogP contribution in [0.4, 0.5) is 0 Å². The first kappa shape index (κ1) is 14.3. The van der Waals surface area contributed by atoms with Gasteiger partial charge in [-0.05, 0) is 25.5 Å². The number of allylic oxidation sites excluding steroid dienone is 2. The minimum atomic E-state index is 0.762. The van der Waals surface area contributed by atoms with Crippen LogP contribution in [0.3, 0.4) is 0 Å². The predicted molar refractivity (Wildman–Crippen MR) is 74.3 cm³/mol. The van der Waals surface area contributed by atoms with Gasteiger partial charge in [-0.15, -0.1) is 0 Å². The Hall–Kier alpha value is -1.75. The van der Waals surface area contributed by atoms with Crippen LogP contribution in [0.2, 0.25) is 0 Å². The van der Waals surface area contributed by atoms with Gasteiger partial charge in [0.2, 0.25) is 0 Å². The molecule has 18 heavy (non-hydrogen) atoms. The Morgan fingerprint density at radius 1 is 1.22 bits per heavy atom. The fourth-order valence-corrected chi connectivity index (χ4v) is 1.71. The molecule has 0 bridgehead atoms. The molecule has 2 nitrogen and oxygen atoms in total. The Morgan fingerprint density at radius 2 is 1.94 bits per heavy atom. The Bertz CT molecular complexity index is 412. The summed E-state index contributed by atoms with van der Waals surface area (Å²) in [7, 11) is 0. The van der Waals surface area contributed by atoms with Gasteiger partial charge in [-0.25, -0.2) is 0 Å². The van der Waals surface area contributed by atoms with Crippen molar-refractivity contribution in [1.82, 2.24) is 0 Å². The summed E-state index contributed by atoms with van der Waals surface area (Å²) in [5.74, 6) is 1.56. The molecule has 0 spiro atoms. The Labute approximate surface area is 110 Å². The normalized spacial score (nSPS) is 11.1. The molecule has 0 aliphatic rings. The lowest BCUT2D eigenvalue weighted by Crippen LogP contribution is -1.96. The number of hydrogen-bond acceptors (Lipinski definition) is 2. The molecule has 0 saturated carbocycles. The molecule has 0 fully saturated rings. The summed E-state index contributed by atoms with van der Waals surface area (Å²) in [6.45, 7) is 4.23. The van der Waals surface area contributed by atoms with Crippen molar-refractivity contribution in [3.05, 3.63) is 41.7 Å². The standard InChI is InChI=1S/C16H21NO/c1-3-4-5-6-7-15(12-13-17)18-16-10-8-14(2)9-11-16/h8-12H,3-7H2,1-2H3/b15-12-. The Balaban J connectivity index is 2.50. The second-order valence-corrected chi connectivity index (χ2v) is 4.47. The van der Waals surface area contributed by atoms with Crippen LogP contribution in [0, 0.1) is 18.3 Å². The van der Waals surface area contributed by atoms with Crippen LogP contribution in [0.5, 0.6) is 5.75 Å². The van der Waals surface area contributed by atoms with E-state index in [-0.39, 0.29) is 0 Å². The number of rotatable bonds is 7. The first-order valence-electron chi connectivity index (χ1n) is 6.59. The lowest BCUT2D eigenvalue weighted by Gasteiger charge is -2.09. The molecular formula is C16H21NO. The van der Waals surface area contributed by atoms with Crippen molar-refractivity contribution >= 4 is 0 Å². The van der Waals surface area contributed by atoms with Crippen molar-refractivity contribution in [2.75, 3.05) is 0 Å². The summed E-state index contributed by atoms with van der Waals surface area (Å²) >= 11 is 0. The van der Waals surface area contributed by atoms with E-state index in [0.29, 0.717) is 0 Å². The van der Waals surface area contributed by atoms with Gasteiger partial charge < -0.3 is 4.74 Å². The summed E-state index contributed by atoms with van der Waals surface area (Å²) in [5, 5.41) is 8.76. The van der Waals surface area contributed by atoms with Crippen molar-refractivity contribution in [3.63, 3.8) is 0 Å². The maximum atomic E-state index is 8.76. The summed E-state index contributed by atoms with van der Waals surface area (Å²) in [6, 6.07) is 9.95. The molecule has 0 N–H and O–H groups in total. The molecule has 1 aromatic rings. The highest BCUT2D eigenvalue weighted by molar-refractivity contribution is 5.28. The van der Waals surface area contributed by atoms with Crippen molar-refractivity contribution in [3.8, 4) is 11.8 Å². The third-order valence-corrected chi connectivity index (χ3v) is 2.77. The highest BCUT2D eigenvalue weighted by Crippen LogP contribution is 2.18. The van der Waals surface area contributed by atoms with E-state index >= 15 is 0 Å². The molecule has 2 heteroatoms. The molecule has 1 rings (SSSR count). The molecule has 0 atom stereocenters. The Morgan fingerprint density at radius 3 is 2.56 bits per heavy atom. The number of unbranched alkanes of at least 4 members (excludes halogenated alkanes) is 3. The topological polar surface area (TPSA) is 33.0 Å². The molecule has 0 heterocycles. The first-order valence-corrected chi connectivity index (χ1v) is 6.59. The molecule has 0 amide bonds. The van der Waals surface area contributed by atoms with Gasteiger partial charge in [-0.3, -0.25) is 0 Å². The number of aryl methyl sites for hydroxylation is 1. The van der Waals surface area contributed by atoms with Crippen molar-refractivity contribution in [1.29, 1.82) is 5.26 Å². The van der Waals surface area contributed by atoms with E-state index in [2.05, 4.69) is 13.0 Å². The van der Waals surface area contributed by atoms with Crippen molar-refractivity contribution in [2.24, 2.45) is 0 Å². The molecule has 96 valence electrons. The summed E-state index contributed by atoms with van der Waals surface area (Å²) < 4.78 is 5.73. The SMILES string of the molecule is CCCCCC/C(=C/C#N)Oc1ccc(C)cc1. The van der Waals surface area contributed by atoms with E-state index in [1.54, 1.807) is 0 Å². The van der Waals surface area contributed by atoms with Gasteiger partial charge in [-0.1, -0.05) is 43.9 Å². The summed E-state index contributed by atoms with van der Waals surface area (Å²) in [6.07, 6.45) is 7.07. The van der Waals surface area contributed by atoms with Gasteiger partial charge in [0.1, 0.15) is 11.5 Å². The van der Waals surface area contributed by atoms with Gasteiger partial charge in [0.15, 0.2) is 0 Å². The first-order chi connectivity index (χ1) is 8.76. The van der Waals surface area contributed by atoms with Crippen LogP contribution in [0.15, 0.2) is 36.1 Å². The average molecular weight is 243 g/mol. The van der Waals surface area contributed by atoms with E-state index in [9.17, 15) is 0 Å². The van der Waals surface area contributed by atoms with Crippen molar-refractivity contribution in [2.45, 2.75) is 46.0 Å². The zero-order chi connectivity index (χ0) is 13.2. The van der Waals surface area contributed by atoms with Gasteiger partial charge in [-0.2, -0.15) is 5.26 Å². The molecule has 0 aliphatic heterocycles. The molecule has 1 aromatic carbocycles. The predicted octanol–water partition coefficient (Wildman–Crippen LogP) is 4.75. The van der Waals surface area contributed by atoms with E-state index in [1.807, 2.05) is 31.2 Å². The number of nitriles is 1. The van der Waals surface area contributed by atoms with Crippen LogP contribution in [0.25, 0.3) is 0 Å². The zero-order valence-corrected chi connectivity index (χ0v) is 11.3. The second-order valence-electron chi connectivity index (χ2n) is 4.47. The van der Waals surface area contributed by atoms with Gasteiger partial charge in [0.25, 0.3) is 0 Å². The van der Waals surface area contributed by atoms with E-state index in [4.69, 9.17) is 10.00 Å². The summed E-state index contributed by atoms with van der Waals surface area (Å²) in [4.78, 5) is 0. The molecule has 0 radical (unpaired) electrons. The number of nitrogens with zero attached hydrogens (tertiary/aromatic N) is 1. The van der Waals surface area contributed by atoms with E-state index < -0.39 is 0 Å². The lowest BCUT2D eigenvalue weighted by molar-refractivity contribution is 0.396. The van der Waals surface area contributed by atoms with Crippen LogP contribution >= 0.6 is 0 Å². The van der Waals surface area contributed by atoms with Crippen molar-refractivity contribution < 1.29 is 4.74 Å². The third kappa shape index (κ3) is 5.54. The monoisotopic (exact) mass is 243 g/mol. The highest BCUT2D eigenvalue weighted by Gasteiger charge is 2.01. The van der Waals surface area contributed by atoms with E-state index in [1.165, 1.54) is 30.9 Å². The van der Waals surface area contributed by atoms with Crippen LogP contribution < -0.4 is 4.74 Å². The zero-order valence-electron chi connectivity index (χ0n) is 11.3.